The molecule has 1 nitrogen and oxygen atoms in total. The Morgan fingerprint density at radius 1 is 1.29 bits per heavy atom. The van der Waals surface area contributed by atoms with Crippen molar-refractivity contribution >= 4 is 5.78 Å². The van der Waals surface area contributed by atoms with Gasteiger partial charge in [-0.3, -0.25) is 4.79 Å². The Bertz CT molecular complexity index is 209. The van der Waals surface area contributed by atoms with Crippen molar-refractivity contribution in [3.05, 3.63) is 11.6 Å². The minimum absolute atomic E-state index is 0.344. The van der Waals surface area contributed by atoms with Crippen molar-refractivity contribution in [2.24, 2.45) is 5.92 Å². The van der Waals surface area contributed by atoms with Gasteiger partial charge in [0.05, 0.1) is 0 Å². The van der Waals surface area contributed by atoms with E-state index in [1.165, 1.54) is 19.3 Å². The molecule has 0 heterocycles. The minimum Gasteiger partial charge on any atom is -0.294 e. The van der Waals surface area contributed by atoms with Crippen molar-refractivity contribution in [2.75, 3.05) is 0 Å². The number of carbonyl (C=O) groups excluding carboxylic acids is 1. The van der Waals surface area contributed by atoms with Crippen molar-refractivity contribution in [1.82, 2.24) is 0 Å². The molecule has 80 valence electrons. The summed E-state index contributed by atoms with van der Waals surface area (Å²) in [5, 5.41) is 0. The summed E-state index contributed by atoms with van der Waals surface area (Å²) in [5.41, 5.74) is 0.999. The lowest BCUT2D eigenvalue weighted by molar-refractivity contribution is -0.120. The van der Waals surface area contributed by atoms with Crippen LogP contribution in [0.2, 0.25) is 0 Å². The van der Waals surface area contributed by atoms with Crippen molar-refractivity contribution in [2.45, 2.75) is 58.8 Å². The first-order chi connectivity index (χ1) is 6.75. The van der Waals surface area contributed by atoms with Gasteiger partial charge in [-0.25, -0.2) is 0 Å². The summed E-state index contributed by atoms with van der Waals surface area (Å²) in [7, 11) is 0. The Kier molecular flexibility index (Phi) is 4.92. The molecule has 1 fully saturated rings. The van der Waals surface area contributed by atoms with Gasteiger partial charge in [-0.1, -0.05) is 38.7 Å². The van der Waals surface area contributed by atoms with E-state index in [-0.39, 0.29) is 0 Å². The fourth-order valence-corrected chi connectivity index (χ4v) is 2.15. The molecule has 0 radical (unpaired) electrons. The Balaban J connectivity index is 2.46. The van der Waals surface area contributed by atoms with Crippen molar-refractivity contribution in [3.8, 4) is 0 Å². The lowest BCUT2D eigenvalue weighted by atomic mass is 9.84. The van der Waals surface area contributed by atoms with E-state index >= 15 is 0 Å². The molecule has 0 bridgehead atoms. The van der Waals surface area contributed by atoms with Crippen molar-refractivity contribution < 1.29 is 4.79 Å². The molecule has 1 saturated carbocycles. The number of carbonyl (C=O) groups is 1. The molecule has 1 rings (SSSR count). The highest BCUT2D eigenvalue weighted by molar-refractivity contribution is 5.96. The zero-order chi connectivity index (χ0) is 10.4. The highest BCUT2D eigenvalue weighted by atomic mass is 16.1. The van der Waals surface area contributed by atoms with Gasteiger partial charge >= 0.3 is 0 Å². The number of Topliss-reactive ketones (excluding diaryl/α,β-unsaturated/α-hetero) is 1. The predicted molar refractivity (Wildman–Crippen MR) is 60.2 cm³/mol. The highest BCUT2D eigenvalue weighted by Gasteiger charge is 2.21. The number of unbranched alkanes of at least 4 members (excludes halogenated alkanes) is 1. The SMILES string of the molecule is CCC/C=C(\C)C(=O)C1CCCCC1. The largest absolute Gasteiger partial charge is 0.294 e. The van der Waals surface area contributed by atoms with Crippen LogP contribution in [0.5, 0.6) is 0 Å². The normalized spacial score (nSPS) is 19.7. The third-order valence-corrected chi connectivity index (χ3v) is 3.10. The molecule has 14 heavy (non-hydrogen) atoms. The third-order valence-electron chi connectivity index (χ3n) is 3.10. The first-order valence-electron chi connectivity index (χ1n) is 5.96. The smallest absolute Gasteiger partial charge is 0.161 e. The summed E-state index contributed by atoms with van der Waals surface area (Å²) < 4.78 is 0. The third kappa shape index (κ3) is 3.28. The van der Waals surface area contributed by atoms with Crippen LogP contribution in [0, 0.1) is 5.92 Å². The van der Waals surface area contributed by atoms with Gasteiger partial charge in [-0.2, -0.15) is 0 Å². The summed E-state index contributed by atoms with van der Waals surface area (Å²) in [5.74, 6) is 0.759. The summed E-state index contributed by atoms with van der Waals surface area (Å²) in [4.78, 5) is 11.9. The van der Waals surface area contributed by atoms with E-state index < -0.39 is 0 Å². The molecule has 0 aromatic carbocycles. The minimum atomic E-state index is 0.344. The van der Waals surface area contributed by atoms with Crippen LogP contribution in [0.3, 0.4) is 0 Å². The number of hydrogen-bond donors (Lipinski definition) is 0. The van der Waals surface area contributed by atoms with Gasteiger partial charge < -0.3 is 0 Å². The Morgan fingerprint density at radius 3 is 2.50 bits per heavy atom. The average Bonchev–Trinajstić information content (AvgIpc) is 2.26. The monoisotopic (exact) mass is 194 g/mol. The summed E-state index contributed by atoms with van der Waals surface area (Å²) in [6.45, 7) is 4.13. The van der Waals surface area contributed by atoms with Crippen molar-refractivity contribution in [1.29, 1.82) is 0 Å². The van der Waals surface area contributed by atoms with Crippen molar-refractivity contribution in [3.63, 3.8) is 0 Å². The van der Waals surface area contributed by atoms with Crippen LogP contribution < -0.4 is 0 Å². The molecular formula is C13H22O. The Morgan fingerprint density at radius 2 is 1.93 bits per heavy atom. The van der Waals surface area contributed by atoms with E-state index in [1.54, 1.807) is 0 Å². The zero-order valence-corrected chi connectivity index (χ0v) is 9.51. The van der Waals surface area contributed by atoms with Gasteiger partial charge in [0.1, 0.15) is 0 Å². The van der Waals surface area contributed by atoms with Crippen LogP contribution in [-0.2, 0) is 4.79 Å². The first-order valence-corrected chi connectivity index (χ1v) is 5.96. The topological polar surface area (TPSA) is 17.1 Å². The van der Waals surface area contributed by atoms with Crippen LogP contribution in [0.1, 0.15) is 58.8 Å². The second kappa shape index (κ2) is 6.00. The van der Waals surface area contributed by atoms with Gasteiger partial charge in [0.2, 0.25) is 0 Å². The van der Waals surface area contributed by atoms with Crippen LogP contribution >= 0.6 is 0 Å². The molecule has 1 aliphatic rings. The number of rotatable bonds is 4. The van der Waals surface area contributed by atoms with E-state index in [2.05, 4.69) is 13.0 Å². The van der Waals surface area contributed by atoms with Crippen LogP contribution in [-0.4, -0.2) is 5.78 Å². The van der Waals surface area contributed by atoms with Gasteiger partial charge in [0.25, 0.3) is 0 Å². The number of allylic oxidation sites excluding steroid dienone is 2. The molecule has 0 spiro atoms. The molecule has 0 unspecified atom stereocenters. The molecule has 0 aromatic rings. The lowest BCUT2D eigenvalue weighted by Gasteiger charge is -2.20. The van der Waals surface area contributed by atoms with Crippen LogP contribution in [0.25, 0.3) is 0 Å². The summed E-state index contributed by atoms with van der Waals surface area (Å²) in [6.07, 6.45) is 10.3. The first kappa shape index (κ1) is 11.5. The maximum atomic E-state index is 11.9. The van der Waals surface area contributed by atoms with E-state index in [4.69, 9.17) is 0 Å². The zero-order valence-electron chi connectivity index (χ0n) is 9.51. The number of hydrogen-bond acceptors (Lipinski definition) is 1. The van der Waals surface area contributed by atoms with Crippen LogP contribution in [0.4, 0.5) is 0 Å². The second-order valence-corrected chi connectivity index (χ2v) is 4.37. The maximum Gasteiger partial charge on any atom is 0.161 e. The van der Waals surface area contributed by atoms with E-state index in [0.717, 1.165) is 31.3 Å². The van der Waals surface area contributed by atoms with Gasteiger partial charge in [-0.05, 0) is 31.8 Å². The van der Waals surface area contributed by atoms with E-state index in [1.807, 2.05) is 6.92 Å². The molecule has 0 amide bonds. The molecule has 0 aromatic heterocycles. The molecule has 1 aliphatic carbocycles. The quantitative estimate of drug-likeness (QED) is 0.621. The fraction of sp³-hybridized carbons (Fsp3) is 0.769. The molecule has 0 aliphatic heterocycles. The van der Waals surface area contributed by atoms with E-state index in [0.29, 0.717) is 11.7 Å². The molecule has 0 N–H and O–H groups in total. The van der Waals surface area contributed by atoms with E-state index in [9.17, 15) is 4.79 Å². The van der Waals surface area contributed by atoms with Gasteiger partial charge in [0, 0.05) is 5.92 Å². The Labute approximate surface area is 87.6 Å². The lowest BCUT2D eigenvalue weighted by Crippen LogP contribution is -2.18. The van der Waals surface area contributed by atoms with Gasteiger partial charge in [0.15, 0.2) is 5.78 Å². The average molecular weight is 194 g/mol. The standard InChI is InChI=1S/C13H22O/c1-3-4-8-11(2)13(14)12-9-6-5-7-10-12/h8,12H,3-7,9-10H2,1-2H3/b11-8+. The molecule has 1 heteroatoms. The fourth-order valence-electron chi connectivity index (χ4n) is 2.15. The number of ketones is 1. The van der Waals surface area contributed by atoms with Crippen LogP contribution in [0.15, 0.2) is 11.6 Å². The highest BCUT2D eigenvalue weighted by Crippen LogP contribution is 2.26. The Hall–Kier alpha value is -0.590. The second-order valence-electron chi connectivity index (χ2n) is 4.37. The molecular weight excluding hydrogens is 172 g/mol. The predicted octanol–water partition coefficient (Wildman–Crippen LogP) is 3.88. The molecule has 0 atom stereocenters. The summed E-state index contributed by atoms with van der Waals surface area (Å²) >= 11 is 0. The maximum absolute atomic E-state index is 11.9. The molecule has 0 saturated heterocycles. The summed E-state index contributed by atoms with van der Waals surface area (Å²) in [6, 6.07) is 0. The van der Waals surface area contributed by atoms with Gasteiger partial charge in [-0.15, -0.1) is 0 Å².